The van der Waals surface area contributed by atoms with E-state index in [4.69, 9.17) is 0 Å². The highest BCUT2D eigenvalue weighted by Gasteiger charge is 2.05. The first-order valence-electron chi connectivity index (χ1n) is 4.25. The number of hydrogen-bond acceptors (Lipinski definition) is 2. The molecule has 0 aromatic carbocycles. The first-order chi connectivity index (χ1) is 6.18. The predicted molar refractivity (Wildman–Crippen MR) is 49.9 cm³/mol. The van der Waals surface area contributed by atoms with E-state index in [1.165, 1.54) is 4.52 Å². The maximum absolute atomic E-state index is 11.5. The van der Waals surface area contributed by atoms with Crippen LogP contribution in [0.3, 0.4) is 0 Å². The van der Waals surface area contributed by atoms with Crippen molar-refractivity contribution in [1.82, 2.24) is 14.6 Å². The first kappa shape index (κ1) is 8.04. The van der Waals surface area contributed by atoms with Crippen LogP contribution < -0.4 is 5.56 Å². The van der Waals surface area contributed by atoms with Crippen LogP contribution in [0.25, 0.3) is 5.65 Å². The maximum atomic E-state index is 11.5. The molecule has 68 valence electrons. The van der Waals surface area contributed by atoms with Crippen molar-refractivity contribution in [3.8, 4) is 0 Å². The largest absolute Gasteiger partial charge is 0.297 e. The summed E-state index contributed by atoms with van der Waals surface area (Å²) in [6.07, 6.45) is 1.70. The summed E-state index contributed by atoms with van der Waals surface area (Å²) < 4.78 is 1.42. The molecule has 13 heavy (non-hydrogen) atoms. The quantitative estimate of drug-likeness (QED) is 0.710. The Kier molecular flexibility index (Phi) is 1.69. The van der Waals surface area contributed by atoms with E-state index in [-0.39, 0.29) is 11.5 Å². The van der Waals surface area contributed by atoms with Crippen molar-refractivity contribution in [1.29, 1.82) is 0 Å². The molecule has 0 aliphatic carbocycles. The maximum Gasteiger partial charge on any atom is 0.272 e. The molecule has 0 fully saturated rings. The Morgan fingerprint density at radius 3 is 3.00 bits per heavy atom. The van der Waals surface area contributed by atoms with Gasteiger partial charge in [0.2, 0.25) is 0 Å². The molecule has 0 radical (unpaired) electrons. The van der Waals surface area contributed by atoms with Crippen LogP contribution in [0, 0.1) is 0 Å². The zero-order valence-corrected chi connectivity index (χ0v) is 7.61. The molecule has 0 aliphatic heterocycles. The molecule has 0 unspecified atom stereocenters. The smallest absolute Gasteiger partial charge is 0.272 e. The van der Waals surface area contributed by atoms with E-state index in [1.807, 2.05) is 13.8 Å². The molecule has 0 atom stereocenters. The van der Waals surface area contributed by atoms with E-state index in [0.717, 1.165) is 5.69 Å². The number of nitrogens with zero attached hydrogens (tertiary/aromatic N) is 2. The SMILES string of the molecule is CC(C)c1cc(=O)n2[nH]ccc2n1. The number of rotatable bonds is 1. The van der Waals surface area contributed by atoms with Crippen LogP contribution in [0.4, 0.5) is 0 Å². The third kappa shape index (κ3) is 1.24. The summed E-state index contributed by atoms with van der Waals surface area (Å²) in [5, 5.41) is 2.80. The van der Waals surface area contributed by atoms with Gasteiger partial charge in [-0.25, -0.2) is 9.50 Å². The molecule has 0 amide bonds. The van der Waals surface area contributed by atoms with Crippen LogP contribution in [0.5, 0.6) is 0 Å². The summed E-state index contributed by atoms with van der Waals surface area (Å²) in [7, 11) is 0. The van der Waals surface area contributed by atoms with E-state index in [9.17, 15) is 4.79 Å². The van der Waals surface area contributed by atoms with E-state index in [2.05, 4.69) is 10.1 Å². The summed E-state index contributed by atoms with van der Waals surface area (Å²) >= 11 is 0. The number of nitrogens with one attached hydrogen (secondary N) is 1. The molecular formula is C9H11N3O. The lowest BCUT2D eigenvalue weighted by atomic mass is 10.1. The third-order valence-electron chi connectivity index (χ3n) is 1.99. The molecule has 2 heterocycles. The molecule has 1 N–H and O–H groups in total. The average Bonchev–Trinajstić information content (AvgIpc) is 2.51. The molecule has 0 saturated carbocycles. The number of aromatic amines is 1. The van der Waals surface area contributed by atoms with Crippen molar-refractivity contribution in [2.24, 2.45) is 0 Å². The van der Waals surface area contributed by atoms with Gasteiger partial charge in [0.1, 0.15) is 0 Å². The Hall–Kier alpha value is -1.58. The van der Waals surface area contributed by atoms with E-state index < -0.39 is 0 Å². The average molecular weight is 177 g/mol. The van der Waals surface area contributed by atoms with Crippen molar-refractivity contribution in [2.45, 2.75) is 19.8 Å². The monoisotopic (exact) mass is 177 g/mol. The minimum absolute atomic E-state index is 0.0568. The second-order valence-corrected chi connectivity index (χ2v) is 3.33. The van der Waals surface area contributed by atoms with Crippen molar-refractivity contribution in [3.05, 3.63) is 34.4 Å². The van der Waals surface area contributed by atoms with Gasteiger partial charge in [0, 0.05) is 18.3 Å². The lowest BCUT2D eigenvalue weighted by molar-refractivity contribution is 0.797. The number of H-pyrrole nitrogens is 1. The minimum Gasteiger partial charge on any atom is -0.297 e. The molecule has 2 rings (SSSR count). The molecule has 0 aliphatic rings. The van der Waals surface area contributed by atoms with Gasteiger partial charge in [-0.15, -0.1) is 0 Å². The van der Waals surface area contributed by atoms with Gasteiger partial charge in [-0.3, -0.25) is 9.89 Å². The van der Waals surface area contributed by atoms with Crippen LogP contribution in [0.2, 0.25) is 0 Å². The molecule has 0 saturated heterocycles. The van der Waals surface area contributed by atoms with Gasteiger partial charge >= 0.3 is 0 Å². The normalized spacial score (nSPS) is 11.3. The number of hydrogen-bond donors (Lipinski definition) is 1. The topological polar surface area (TPSA) is 50.2 Å². The highest BCUT2D eigenvalue weighted by Crippen LogP contribution is 2.09. The predicted octanol–water partition coefficient (Wildman–Crippen LogP) is 1.15. The standard InChI is InChI=1S/C9H11N3O/c1-6(2)7-5-9(13)12-8(11-7)3-4-10-12/h3-6,10H,1-2H3. The van der Waals surface area contributed by atoms with Gasteiger partial charge in [0.05, 0.1) is 5.69 Å². The summed E-state index contributed by atoms with van der Waals surface area (Å²) in [6, 6.07) is 3.35. The molecule has 0 spiro atoms. The summed E-state index contributed by atoms with van der Waals surface area (Å²) in [5.41, 5.74) is 1.46. The molecule has 0 bridgehead atoms. The highest BCUT2D eigenvalue weighted by atomic mass is 16.1. The fraction of sp³-hybridized carbons (Fsp3) is 0.333. The minimum atomic E-state index is -0.0568. The van der Waals surface area contributed by atoms with Crippen LogP contribution in [-0.2, 0) is 0 Å². The molecule has 4 nitrogen and oxygen atoms in total. The second-order valence-electron chi connectivity index (χ2n) is 3.33. The van der Waals surface area contributed by atoms with Crippen LogP contribution in [0.15, 0.2) is 23.1 Å². The second kappa shape index (κ2) is 2.73. The first-order valence-corrected chi connectivity index (χ1v) is 4.25. The van der Waals surface area contributed by atoms with E-state index in [0.29, 0.717) is 5.65 Å². The summed E-state index contributed by atoms with van der Waals surface area (Å²) in [4.78, 5) is 15.8. The van der Waals surface area contributed by atoms with Gasteiger partial charge in [-0.05, 0) is 5.92 Å². The van der Waals surface area contributed by atoms with Gasteiger partial charge in [-0.2, -0.15) is 0 Å². The zero-order valence-electron chi connectivity index (χ0n) is 7.61. The van der Waals surface area contributed by atoms with Crippen molar-refractivity contribution in [2.75, 3.05) is 0 Å². The molecule has 2 aromatic rings. The molecule has 4 heteroatoms. The summed E-state index contributed by atoms with van der Waals surface area (Å²) in [6.45, 7) is 4.04. The fourth-order valence-corrected chi connectivity index (χ4v) is 1.24. The fourth-order valence-electron chi connectivity index (χ4n) is 1.24. The van der Waals surface area contributed by atoms with Crippen molar-refractivity contribution >= 4 is 5.65 Å². The Balaban J connectivity index is 2.77. The van der Waals surface area contributed by atoms with Gasteiger partial charge in [0.25, 0.3) is 5.56 Å². The lowest BCUT2D eigenvalue weighted by Crippen LogP contribution is -2.15. The number of fused-ring (bicyclic) bond motifs is 1. The van der Waals surface area contributed by atoms with Crippen molar-refractivity contribution in [3.63, 3.8) is 0 Å². The Bertz CT molecular complexity index is 481. The van der Waals surface area contributed by atoms with E-state index >= 15 is 0 Å². The van der Waals surface area contributed by atoms with Crippen molar-refractivity contribution < 1.29 is 0 Å². The zero-order chi connectivity index (χ0) is 9.42. The van der Waals surface area contributed by atoms with Crippen LogP contribution in [0.1, 0.15) is 25.5 Å². The number of aromatic nitrogens is 3. The summed E-state index contributed by atoms with van der Waals surface area (Å²) in [5.74, 6) is 0.285. The Morgan fingerprint density at radius 2 is 2.31 bits per heavy atom. The lowest BCUT2D eigenvalue weighted by Gasteiger charge is -2.02. The van der Waals surface area contributed by atoms with Gasteiger partial charge < -0.3 is 0 Å². The van der Waals surface area contributed by atoms with Gasteiger partial charge in [-0.1, -0.05) is 13.8 Å². The third-order valence-corrected chi connectivity index (χ3v) is 1.99. The highest BCUT2D eigenvalue weighted by molar-refractivity contribution is 5.36. The van der Waals surface area contributed by atoms with Gasteiger partial charge in [0.15, 0.2) is 5.65 Å². The molecule has 2 aromatic heterocycles. The molecular weight excluding hydrogens is 166 g/mol. The van der Waals surface area contributed by atoms with E-state index in [1.54, 1.807) is 18.3 Å². The Morgan fingerprint density at radius 1 is 1.54 bits per heavy atom. The van der Waals surface area contributed by atoms with Crippen LogP contribution >= 0.6 is 0 Å². The van der Waals surface area contributed by atoms with Crippen LogP contribution in [-0.4, -0.2) is 14.6 Å². The Labute approximate surface area is 75.2 Å².